The van der Waals surface area contributed by atoms with Gasteiger partial charge in [-0.1, -0.05) is 25.6 Å². The Morgan fingerprint density at radius 2 is 2.00 bits per heavy atom. The standard InChI is InChI=1S/C14H20N2O3S/c1-4-11(5-2)16-13(17)9(3)20-12-7-6-10(8-15-12)14(18)19/h6-9,11H,4-5H2,1-3H3,(H,16,17)(H,18,19). The van der Waals surface area contributed by atoms with Gasteiger partial charge in [0.25, 0.3) is 0 Å². The third-order valence-electron chi connectivity index (χ3n) is 2.98. The lowest BCUT2D eigenvalue weighted by atomic mass is 10.2. The summed E-state index contributed by atoms with van der Waals surface area (Å²) in [5, 5.41) is 12.1. The summed E-state index contributed by atoms with van der Waals surface area (Å²) < 4.78 is 0. The highest BCUT2D eigenvalue weighted by Gasteiger charge is 2.17. The maximum absolute atomic E-state index is 12.0. The minimum absolute atomic E-state index is 0.0205. The molecule has 1 unspecified atom stereocenters. The molecule has 6 heteroatoms. The summed E-state index contributed by atoms with van der Waals surface area (Å²) in [6, 6.07) is 3.31. The van der Waals surface area contributed by atoms with Crippen LogP contribution in [0.5, 0.6) is 0 Å². The van der Waals surface area contributed by atoms with E-state index in [2.05, 4.69) is 10.3 Å². The second kappa shape index (κ2) is 7.89. The molecule has 1 aromatic rings. The number of thioether (sulfide) groups is 1. The highest BCUT2D eigenvalue weighted by molar-refractivity contribution is 8.00. The summed E-state index contributed by atoms with van der Waals surface area (Å²) in [4.78, 5) is 26.8. The topological polar surface area (TPSA) is 79.3 Å². The van der Waals surface area contributed by atoms with Gasteiger partial charge in [0.2, 0.25) is 5.91 Å². The fourth-order valence-electron chi connectivity index (χ4n) is 1.62. The van der Waals surface area contributed by atoms with E-state index in [1.54, 1.807) is 6.07 Å². The number of rotatable bonds is 7. The molecule has 5 nitrogen and oxygen atoms in total. The van der Waals surface area contributed by atoms with Gasteiger partial charge in [-0.2, -0.15) is 0 Å². The lowest BCUT2D eigenvalue weighted by molar-refractivity contribution is -0.121. The van der Waals surface area contributed by atoms with E-state index in [1.807, 2.05) is 20.8 Å². The minimum atomic E-state index is -1.01. The molecule has 0 aliphatic heterocycles. The van der Waals surface area contributed by atoms with Gasteiger partial charge in [0.15, 0.2) is 0 Å². The van der Waals surface area contributed by atoms with E-state index in [0.717, 1.165) is 12.8 Å². The van der Waals surface area contributed by atoms with Crippen LogP contribution in [0.25, 0.3) is 0 Å². The van der Waals surface area contributed by atoms with Crippen molar-refractivity contribution in [2.75, 3.05) is 0 Å². The Balaban J connectivity index is 2.58. The number of pyridine rings is 1. The first-order valence-corrected chi connectivity index (χ1v) is 7.52. The molecule has 20 heavy (non-hydrogen) atoms. The predicted molar refractivity (Wildman–Crippen MR) is 79.0 cm³/mol. The quantitative estimate of drug-likeness (QED) is 0.756. The van der Waals surface area contributed by atoms with Crippen LogP contribution in [0.1, 0.15) is 44.0 Å². The van der Waals surface area contributed by atoms with Gasteiger partial charge in [-0.05, 0) is 31.9 Å². The fraction of sp³-hybridized carbons (Fsp3) is 0.500. The summed E-state index contributed by atoms with van der Waals surface area (Å²) >= 11 is 1.32. The molecule has 1 heterocycles. The Kier molecular flexibility index (Phi) is 6.51. The number of carbonyl (C=O) groups is 2. The summed E-state index contributed by atoms with van der Waals surface area (Å²) in [5.74, 6) is -1.03. The second-order valence-corrected chi connectivity index (χ2v) is 5.83. The lowest BCUT2D eigenvalue weighted by Crippen LogP contribution is -2.38. The molecule has 1 aromatic heterocycles. The number of nitrogens with zero attached hydrogens (tertiary/aromatic N) is 1. The summed E-state index contributed by atoms with van der Waals surface area (Å²) in [5.41, 5.74) is 0.142. The molecule has 1 atom stereocenters. The molecule has 0 aromatic carbocycles. The van der Waals surface area contributed by atoms with Gasteiger partial charge in [-0.3, -0.25) is 4.79 Å². The van der Waals surface area contributed by atoms with Crippen LogP contribution in [0, 0.1) is 0 Å². The first-order valence-electron chi connectivity index (χ1n) is 6.64. The van der Waals surface area contributed by atoms with Crippen LogP contribution in [-0.2, 0) is 4.79 Å². The van der Waals surface area contributed by atoms with E-state index in [1.165, 1.54) is 24.0 Å². The largest absolute Gasteiger partial charge is 0.478 e. The molecule has 0 saturated carbocycles. The molecule has 2 N–H and O–H groups in total. The molecular weight excluding hydrogens is 276 g/mol. The average molecular weight is 296 g/mol. The number of hydrogen-bond donors (Lipinski definition) is 2. The second-order valence-electron chi connectivity index (χ2n) is 4.47. The SMILES string of the molecule is CCC(CC)NC(=O)C(C)Sc1ccc(C(=O)O)cn1. The third-order valence-corrected chi connectivity index (χ3v) is 4.03. The number of carboxylic acid groups (broad SMARTS) is 1. The zero-order valence-electron chi connectivity index (χ0n) is 11.9. The van der Waals surface area contributed by atoms with Gasteiger partial charge >= 0.3 is 5.97 Å². The Hall–Kier alpha value is -1.56. The molecule has 0 fully saturated rings. The summed E-state index contributed by atoms with van der Waals surface area (Å²) in [7, 11) is 0. The molecule has 0 aliphatic rings. The molecule has 0 spiro atoms. The van der Waals surface area contributed by atoms with Crippen molar-refractivity contribution in [3.05, 3.63) is 23.9 Å². The first kappa shape index (κ1) is 16.5. The van der Waals surface area contributed by atoms with Crippen LogP contribution >= 0.6 is 11.8 Å². The van der Waals surface area contributed by atoms with Crippen molar-refractivity contribution < 1.29 is 14.7 Å². The van der Waals surface area contributed by atoms with Crippen molar-refractivity contribution >= 4 is 23.6 Å². The van der Waals surface area contributed by atoms with Crippen molar-refractivity contribution in [2.24, 2.45) is 0 Å². The van der Waals surface area contributed by atoms with E-state index >= 15 is 0 Å². The number of amides is 1. The average Bonchev–Trinajstić information content (AvgIpc) is 2.44. The van der Waals surface area contributed by atoms with Crippen LogP contribution in [0.3, 0.4) is 0 Å². The number of hydrogen-bond acceptors (Lipinski definition) is 4. The highest BCUT2D eigenvalue weighted by atomic mass is 32.2. The number of carbonyl (C=O) groups excluding carboxylic acids is 1. The maximum Gasteiger partial charge on any atom is 0.337 e. The van der Waals surface area contributed by atoms with Crippen LogP contribution < -0.4 is 5.32 Å². The predicted octanol–water partition coefficient (Wildman–Crippen LogP) is 2.57. The van der Waals surface area contributed by atoms with Crippen molar-refractivity contribution in [1.82, 2.24) is 10.3 Å². The third kappa shape index (κ3) is 4.85. The number of carboxylic acids is 1. The monoisotopic (exact) mass is 296 g/mol. The molecule has 110 valence electrons. The van der Waals surface area contributed by atoms with E-state index in [-0.39, 0.29) is 22.8 Å². The van der Waals surface area contributed by atoms with E-state index in [9.17, 15) is 9.59 Å². The number of aromatic carboxylic acids is 1. The van der Waals surface area contributed by atoms with Crippen molar-refractivity contribution in [2.45, 2.75) is 49.9 Å². The van der Waals surface area contributed by atoms with Gasteiger partial charge in [-0.15, -0.1) is 0 Å². The summed E-state index contributed by atoms with van der Waals surface area (Å²) in [6.07, 6.45) is 3.12. The Labute approximate surface area is 123 Å². The van der Waals surface area contributed by atoms with Crippen molar-refractivity contribution in [3.63, 3.8) is 0 Å². The van der Waals surface area contributed by atoms with Crippen molar-refractivity contribution in [3.8, 4) is 0 Å². The van der Waals surface area contributed by atoms with Crippen LogP contribution in [0.2, 0.25) is 0 Å². The molecule has 0 aliphatic carbocycles. The van der Waals surface area contributed by atoms with Gasteiger partial charge in [0.1, 0.15) is 0 Å². The highest BCUT2D eigenvalue weighted by Crippen LogP contribution is 2.21. The zero-order valence-corrected chi connectivity index (χ0v) is 12.7. The zero-order chi connectivity index (χ0) is 15.1. The van der Waals surface area contributed by atoms with Gasteiger partial charge < -0.3 is 10.4 Å². The molecule has 0 bridgehead atoms. The number of aromatic nitrogens is 1. The van der Waals surface area contributed by atoms with Crippen LogP contribution in [0.4, 0.5) is 0 Å². The fourth-order valence-corrected chi connectivity index (χ4v) is 2.42. The van der Waals surface area contributed by atoms with Gasteiger partial charge in [0.05, 0.1) is 15.8 Å². The van der Waals surface area contributed by atoms with Crippen LogP contribution in [0.15, 0.2) is 23.4 Å². The Bertz CT molecular complexity index is 458. The molecular formula is C14H20N2O3S. The normalized spacial score (nSPS) is 12.2. The van der Waals surface area contributed by atoms with E-state index in [4.69, 9.17) is 5.11 Å². The number of nitrogens with one attached hydrogen (secondary N) is 1. The molecule has 1 rings (SSSR count). The molecule has 0 saturated heterocycles. The lowest BCUT2D eigenvalue weighted by Gasteiger charge is -2.17. The van der Waals surface area contributed by atoms with E-state index in [0.29, 0.717) is 5.03 Å². The Morgan fingerprint density at radius 1 is 1.35 bits per heavy atom. The van der Waals surface area contributed by atoms with Crippen LogP contribution in [-0.4, -0.2) is 33.3 Å². The summed E-state index contributed by atoms with van der Waals surface area (Å²) in [6.45, 7) is 5.89. The Morgan fingerprint density at radius 3 is 2.45 bits per heavy atom. The smallest absolute Gasteiger partial charge is 0.337 e. The molecule has 1 amide bonds. The maximum atomic E-state index is 12.0. The van der Waals surface area contributed by atoms with Crippen molar-refractivity contribution in [1.29, 1.82) is 0 Å². The molecule has 0 radical (unpaired) electrons. The van der Waals surface area contributed by atoms with Gasteiger partial charge in [0, 0.05) is 12.2 Å². The van der Waals surface area contributed by atoms with E-state index < -0.39 is 5.97 Å². The first-order chi connectivity index (χ1) is 9.47. The van der Waals surface area contributed by atoms with Gasteiger partial charge in [-0.25, -0.2) is 9.78 Å². The minimum Gasteiger partial charge on any atom is -0.478 e.